The highest BCUT2D eigenvalue weighted by Gasteiger charge is 2.21. The number of piperidine rings is 1. The fourth-order valence-electron chi connectivity index (χ4n) is 2.53. The molecule has 1 amide bonds. The fourth-order valence-corrected chi connectivity index (χ4v) is 2.53. The number of aryl methyl sites for hydroxylation is 1. The molecule has 1 N–H and O–H groups in total. The molecule has 1 aromatic rings. The summed E-state index contributed by atoms with van der Waals surface area (Å²) in [7, 11) is 0. The fraction of sp³-hybridized carbons (Fsp3) is 0.533. The number of likely N-dealkylation sites (tertiary alicyclic amines) is 1. The molecule has 1 aliphatic rings. The molecule has 0 aliphatic carbocycles. The van der Waals surface area contributed by atoms with Crippen molar-refractivity contribution >= 4 is 11.6 Å². The Labute approximate surface area is 113 Å². The van der Waals surface area contributed by atoms with Crippen molar-refractivity contribution in [3.8, 4) is 0 Å². The monoisotopic (exact) mass is 264 g/mol. The van der Waals surface area contributed by atoms with Gasteiger partial charge in [-0.1, -0.05) is 18.2 Å². The van der Waals surface area contributed by atoms with Gasteiger partial charge in [0, 0.05) is 18.2 Å². The molecular formula is C15H21FN2O. The van der Waals surface area contributed by atoms with Crippen molar-refractivity contribution in [3.05, 3.63) is 29.8 Å². The Morgan fingerprint density at radius 2 is 2.26 bits per heavy atom. The van der Waals surface area contributed by atoms with E-state index in [-0.39, 0.29) is 18.5 Å². The van der Waals surface area contributed by atoms with E-state index >= 15 is 0 Å². The number of halogens is 1. The molecule has 0 spiro atoms. The summed E-state index contributed by atoms with van der Waals surface area (Å²) in [5.41, 5.74) is 1.91. The van der Waals surface area contributed by atoms with Gasteiger partial charge in [0.05, 0.1) is 13.2 Å². The van der Waals surface area contributed by atoms with Crippen molar-refractivity contribution in [1.82, 2.24) is 4.90 Å². The van der Waals surface area contributed by atoms with E-state index in [2.05, 4.69) is 5.32 Å². The van der Waals surface area contributed by atoms with Gasteiger partial charge in [0.15, 0.2) is 0 Å². The van der Waals surface area contributed by atoms with Crippen molar-refractivity contribution in [2.45, 2.75) is 19.8 Å². The van der Waals surface area contributed by atoms with Crippen LogP contribution in [0, 0.1) is 12.8 Å². The molecule has 0 aromatic heterocycles. The van der Waals surface area contributed by atoms with Gasteiger partial charge < -0.3 is 5.32 Å². The van der Waals surface area contributed by atoms with Crippen LogP contribution in [0.3, 0.4) is 0 Å². The third-order valence-corrected chi connectivity index (χ3v) is 3.61. The standard InChI is InChI=1S/C15H21FN2O/c1-12-5-2-3-7-14(12)17-15(19)11-18-8-4-6-13(9-16)10-18/h2-3,5,7,13H,4,6,8-11H2,1H3,(H,17,19). The van der Waals surface area contributed by atoms with Gasteiger partial charge in [-0.15, -0.1) is 0 Å². The van der Waals surface area contributed by atoms with Crippen LogP contribution in [-0.2, 0) is 4.79 Å². The smallest absolute Gasteiger partial charge is 0.238 e. The maximum atomic E-state index is 12.7. The Balaban J connectivity index is 1.86. The van der Waals surface area contributed by atoms with Crippen LogP contribution in [0.4, 0.5) is 10.1 Å². The number of anilines is 1. The Hall–Kier alpha value is -1.42. The van der Waals surface area contributed by atoms with Crippen LogP contribution in [0.2, 0.25) is 0 Å². The largest absolute Gasteiger partial charge is 0.325 e. The van der Waals surface area contributed by atoms with Gasteiger partial charge in [-0.2, -0.15) is 0 Å². The first kappa shape index (κ1) is 14.0. The Bertz CT molecular complexity index is 436. The molecule has 1 saturated heterocycles. The minimum atomic E-state index is -0.282. The second-order valence-electron chi connectivity index (χ2n) is 5.26. The van der Waals surface area contributed by atoms with E-state index in [1.807, 2.05) is 36.1 Å². The normalized spacial score (nSPS) is 20.2. The summed E-state index contributed by atoms with van der Waals surface area (Å²) in [6, 6.07) is 7.72. The number of amides is 1. The van der Waals surface area contributed by atoms with Crippen LogP contribution in [0.5, 0.6) is 0 Å². The molecule has 19 heavy (non-hydrogen) atoms. The summed E-state index contributed by atoms with van der Waals surface area (Å²) in [4.78, 5) is 14.0. The van der Waals surface area contributed by atoms with E-state index in [9.17, 15) is 9.18 Å². The summed E-state index contributed by atoms with van der Waals surface area (Å²) >= 11 is 0. The van der Waals surface area contributed by atoms with E-state index in [0.29, 0.717) is 13.1 Å². The van der Waals surface area contributed by atoms with Gasteiger partial charge in [0.25, 0.3) is 0 Å². The lowest BCUT2D eigenvalue weighted by Gasteiger charge is -2.30. The molecule has 1 fully saturated rings. The maximum Gasteiger partial charge on any atom is 0.238 e. The van der Waals surface area contributed by atoms with Crippen molar-refractivity contribution in [3.63, 3.8) is 0 Å². The first-order valence-corrected chi connectivity index (χ1v) is 6.83. The number of hydrogen-bond donors (Lipinski definition) is 1. The molecule has 2 rings (SSSR count). The average molecular weight is 264 g/mol. The predicted octanol–water partition coefficient (Wildman–Crippen LogP) is 2.62. The molecule has 1 atom stereocenters. The van der Waals surface area contributed by atoms with Gasteiger partial charge in [-0.05, 0) is 37.9 Å². The SMILES string of the molecule is Cc1ccccc1NC(=O)CN1CCCC(CF)C1. The topological polar surface area (TPSA) is 32.3 Å². The minimum absolute atomic E-state index is 0.0196. The molecule has 3 nitrogen and oxygen atoms in total. The van der Waals surface area contributed by atoms with E-state index in [1.165, 1.54) is 0 Å². The highest BCUT2D eigenvalue weighted by molar-refractivity contribution is 5.92. The quantitative estimate of drug-likeness (QED) is 0.906. The van der Waals surface area contributed by atoms with Crippen molar-refractivity contribution < 1.29 is 9.18 Å². The molecule has 0 saturated carbocycles. The number of carbonyl (C=O) groups is 1. The Morgan fingerprint density at radius 3 is 3.00 bits per heavy atom. The molecular weight excluding hydrogens is 243 g/mol. The van der Waals surface area contributed by atoms with Crippen LogP contribution in [0.1, 0.15) is 18.4 Å². The molecule has 1 aromatic carbocycles. The number of hydrogen-bond acceptors (Lipinski definition) is 2. The number of carbonyl (C=O) groups excluding carboxylic acids is 1. The van der Waals surface area contributed by atoms with Gasteiger partial charge in [-0.3, -0.25) is 14.1 Å². The summed E-state index contributed by atoms with van der Waals surface area (Å²) < 4.78 is 12.7. The van der Waals surface area contributed by atoms with Crippen LogP contribution in [0.15, 0.2) is 24.3 Å². The summed E-state index contributed by atoms with van der Waals surface area (Å²) in [6.45, 7) is 3.62. The number of para-hydroxylation sites is 1. The molecule has 104 valence electrons. The highest BCUT2D eigenvalue weighted by Crippen LogP contribution is 2.17. The average Bonchev–Trinajstić information content (AvgIpc) is 2.41. The van der Waals surface area contributed by atoms with Gasteiger partial charge in [-0.25, -0.2) is 0 Å². The second kappa shape index (κ2) is 6.66. The van der Waals surface area contributed by atoms with Gasteiger partial charge in [0.2, 0.25) is 5.91 Å². The third-order valence-electron chi connectivity index (χ3n) is 3.61. The zero-order chi connectivity index (χ0) is 13.7. The summed E-state index contributed by atoms with van der Waals surface area (Å²) in [5, 5.41) is 2.92. The van der Waals surface area contributed by atoms with E-state index in [1.54, 1.807) is 0 Å². The first-order chi connectivity index (χ1) is 9.19. The number of rotatable bonds is 4. The van der Waals surface area contributed by atoms with E-state index < -0.39 is 0 Å². The third kappa shape index (κ3) is 4.03. The van der Waals surface area contributed by atoms with E-state index in [0.717, 1.165) is 30.6 Å². The zero-order valence-electron chi connectivity index (χ0n) is 11.4. The van der Waals surface area contributed by atoms with Crippen LogP contribution in [-0.4, -0.2) is 37.1 Å². The van der Waals surface area contributed by atoms with E-state index in [4.69, 9.17) is 0 Å². The van der Waals surface area contributed by atoms with Crippen LogP contribution < -0.4 is 5.32 Å². The summed E-state index contributed by atoms with van der Waals surface area (Å²) in [6.07, 6.45) is 1.92. The maximum absolute atomic E-state index is 12.7. The minimum Gasteiger partial charge on any atom is -0.325 e. The second-order valence-corrected chi connectivity index (χ2v) is 5.26. The van der Waals surface area contributed by atoms with Crippen LogP contribution in [0.25, 0.3) is 0 Å². The first-order valence-electron chi connectivity index (χ1n) is 6.83. The highest BCUT2D eigenvalue weighted by atomic mass is 19.1. The molecule has 1 heterocycles. The summed E-state index contributed by atoms with van der Waals surface area (Å²) in [5.74, 6) is 0.0776. The van der Waals surface area contributed by atoms with Gasteiger partial charge >= 0.3 is 0 Å². The van der Waals surface area contributed by atoms with Crippen molar-refractivity contribution in [2.75, 3.05) is 31.6 Å². The lowest BCUT2D eigenvalue weighted by molar-refractivity contribution is -0.117. The molecule has 0 radical (unpaired) electrons. The lowest BCUT2D eigenvalue weighted by Crippen LogP contribution is -2.41. The Morgan fingerprint density at radius 1 is 1.47 bits per heavy atom. The predicted molar refractivity (Wildman–Crippen MR) is 74.9 cm³/mol. The molecule has 4 heteroatoms. The number of benzene rings is 1. The molecule has 1 aliphatic heterocycles. The molecule has 0 bridgehead atoms. The number of nitrogens with one attached hydrogen (secondary N) is 1. The van der Waals surface area contributed by atoms with Crippen molar-refractivity contribution in [2.24, 2.45) is 5.92 Å². The Kier molecular flexibility index (Phi) is 4.91. The van der Waals surface area contributed by atoms with Crippen molar-refractivity contribution in [1.29, 1.82) is 0 Å². The molecule has 1 unspecified atom stereocenters. The number of alkyl halides is 1. The zero-order valence-corrected chi connectivity index (χ0v) is 11.4. The lowest BCUT2D eigenvalue weighted by atomic mass is 9.99. The van der Waals surface area contributed by atoms with Gasteiger partial charge in [0.1, 0.15) is 0 Å². The number of nitrogens with zero attached hydrogens (tertiary/aromatic N) is 1. The van der Waals surface area contributed by atoms with Crippen LogP contribution >= 0.6 is 0 Å².